The molecule has 0 radical (unpaired) electrons. The van der Waals surface area contributed by atoms with Gasteiger partial charge in [0.2, 0.25) is 10.0 Å². The fourth-order valence-corrected chi connectivity index (χ4v) is 3.60. The zero-order chi connectivity index (χ0) is 15.2. The smallest absolute Gasteiger partial charge is 0.379 e. The van der Waals surface area contributed by atoms with Gasteiger partial charge in [0.25, 0.3) is 0 Å². The second-order valence-electron chi connectivity index (χ2n) is 4.46. The Morgan fingerprint density at radius 3 is 2.55 bits per heavy atom. The Kier molecular flexibility index (Phi) is 3.74. The second-order valence-corrected chi connectivity index (χ2v) is 6.83. The van der Waals surface area contributed by atoms with E-state index in [-0.39, 0.29) is 9.92 Å². The SMILES string of the molecule is O=S(=O)(c1cncc(Cl)c1)N1CC[C@@](O)(C(F)(F)F)C1. The third-order valence-corrected chi connectivity index (χ3v) is 5.08. The highest BCUT2D eigenvalue weighted by molar-refractivity contribution is 7.89. The molecular weight excluding hydrogens is 321 g/mol. The summed E-state index contributed by atoms with van der Waals surface area (Å²) in [6, 6.07) is 1.09. The Bertz CT molecular complexity index is 622. The average Bonchev–Trinajstić information content (AvgIpc) is 2.73. The van der Waals surface area contributed by atoms with Crippen LogP contribution < -0.4 is 0 Å². The minimum absolute atomic E-state index is 0.0522. The number of aromatic nitrogens is 1. The van der Waals surface area contributed by atoms with Gasteiger partial charge in [-0.1, -0.05) is 11.6 Å². The van der Waals surface area contributed by atoms with Crippen LogP contribution in [-0.4, -0.2) is 47.7 Å². The summed E-state index contributed by atoms with van der Waals surface area (Å²) in [6.45, 7) is -1.46. The van der Waals surface area contributed by atoms with Crippen LogP contribution in [0.25, 0.3) is 0 Å². The van der Waals surface area contributed by atoms with Crippen LogP contribution in [0.1, 0.15) is 6.42 Å². The minimum Gasteiger partial charge on any atom is -0.379 e. The summed E-state index contributed by atoms with van der Waals surface area (Å²) in [5.74, 6) is 0. The number of hydrogen-bond donors (Lipinski definition) is 1. The molecule has 1 N–H and O–H groups in total. The van der Waals surface area contributed by atoms with E-state index in [1.54, 1.807) is 0 Å². The Balaban J connectivity index is 2.30. The number of hydrogen-bond acceptors (Lipinski definition) is 4. The molecule has 1 fully saturated rings. The lowest BCUT2D eigenvalue weighted by Gasteiger charge is -2.25. The molecule has 0 spiro atoms. The van der Waals surface area contributed by atoms with Gasteiger partial charge in [-0.05, 0) is 6.07 Å². The van der Waals surface area contributed by atoms with Gasteiger partial charge >= 0.3 is 6.18 Å². The van der Waals surface area contributed by atoms with Crippen molar-refractivity contribution >= 4 is 21.6 Å². The highest BCUT2D eigenvalue weighted by Crippen LogP contribution is 2.39. The molecule has 1 aromatic heterocycles. The van der Waals surface area contributed by atoms with Crippen LogP contribution in [0.2, 0.25) is 5.02 Å². The maximum atomic E-state index is 12.7. The molecule has 5 nitrogen and oxygen atoms in total. The number of rotatable bonds is 2. The van der Waals surface area contributed by atoms with E-state index < -0.39 is 41.3 Å². The summed E-state index contributed by atoms with van der Waals surface area (Å²) in [6.07, 6.45) is -3.39. The molecule has 1 aromatic rings. The first-order chi connectivity index (χ1) is 9.06. The van der Waals surface area contributed by atoms with Gasteiger partial charge < -0.3 is 5.11 Å². The molecule has 0 amide bonds. The van der Waals surface area contributed by atoms with Crippen LogP contribution in [-0.2, 0) is 10.0 Å². The topological polar surface area (TPSA) is 70.5 Å². The third kappa shape index (κ3) is 2.62. The molecule has 112 valence electrons. The number of alkyl halides is 3. The third-order valence-electron chi connectivity index (χ3n) is 3.06. The van der Waals surface area contributed by atoms with E-state index in [2.05, 4.69) is 4.98 Å². The van der Waals surface area contributed by atoms with E-state index >= 15 is 0 Å². The molecule has 0 aromatic carbocycles. The van der Waals surface area contributed by atoms with Crippen molar-refractivity contribution in [3.63, 3.8) is 0 Å². The van der Waals surface area contributed by atoms with Gasteiger partial charge in [0.15, 0.2) is 5.60 Å². The predicted octanol–water partition coefficient (Wildman–Crippen LogP) is 1.42. The fourth-order valence-electron chi connectivity index (χ4n) is 1.88. The van der Waals surface area contributed by atoms with Crippen molar-refractivity contribution in [2.75, 3.05) is 13.1 Å². The number of β-amino-alcohol motifs (C(OH)–C–C–N with tert-alkyl or cyclic N) is 1. The summed E-state index contributed by atoms with van der Waals surface area (Å²) in [4.78, 5) is 3.28. The first-order valence-corrected chi connectivity index (χ1v) is 7.28. The molecule has 0 aliphatic carbocycles. The van der Waals surface area contributed by atoms with Gasteiger partial charge in [-0.15, -0.1) is 0 Å². The molecule has 1 aliphatic rings. The van der Waals surface area contributed by atoms with E-state index in [1.165, 1.54) is 6.20 Å². The lowest BCUT2D eigenvalue weighted by Crippen LogP contribution is -2.48. The van der Waals surface area contributed by atoms with Crippen LogP contribution in [0.15, 0.2) is 23.4 Å². The molecule has 0 unspecified atom stereocenters. The number of nitrogens with zero attached hydrogens (tertiary/aromatic N) is 2. The number of pyridine rings is 1. The second kappa shape index (κ2) is 4.83. The highest BCUT2D eigenvalue weighted by atomic mass is 35.5. The summed E-state index contributed by atoms with van der Waals surface area (Å²) in [5, 5.41) is 9.54. The molecule has 0 saturated carbocycles. The van der Waals surface area contributed by atoms with Crippen molar-refractivity contribution < 1.29 is 26.7 Å². The van der Waals surface area contributed by atoms with Crippen LogP contribution >= 0.6 is 11.6 Å². The quantitative estimate of drug-likeness (QED) is 0.890. The maximum Gasteiger partial charge on any atom is 0.418 e. The zero-order valence-electron chi connectivity index (χ0n) is 9.93. The summed E-state index contributed by atoms with van der Waals surface area (Å²) < 4.78 is 62.9. The van der Waals surface area contributed by atoms with E-state index in [9.17, 15) is 26.7 Å². The Morgan fingerprint density at radius 1 is 1.40 bits per heavy atom. The summed E-state index contributed by atoms with van der Waals surface area (Å²) in [5.41, 5.74) is -3.02. The Labute approximate surface area is 118 Å². The van der Waals surface area contributed by atoms with Gasteiger partial charge in [0, 0.05) is 25.4 Å². The van der Waals surface area contributed by atoms with Crippen LogP contribution in [0.5, 0.6) is 0 Å². The first kappa shape index (κ1) is 15.5. The zero-order valence-corrected chi connectivity index (χ0v) is 11.5. The molecule has 0 bridgehead atoms. The molecule has 2 rings (SSSR count). The van der Waals surface area contributed by atoms with Crippen LogP contribution in [0.4, 0.5) is 13.2 Å². The fraction of sp³-hybridized carbons (Fsp3) is 0.500. The molecule has 1 atom stereocenters. The predicted molar refractivity (Wildman–Crippen MR) is 63.6 cm³/mol. The normalized spacial score (nSPS) is 25.1. The van der Waals surface area contributed by atoms with Crippen molar-refractivity contribution in [2.45, 2.75) is 23.1 Å². The standard InChI is InChI=1S/C10H10ClF3N2O3S/c11-7-3-8(5-15-4-7)20(18,19)16-2-1-9(17,6-16)10(12,13)14/h3-5,17H,1-2,6H2/t9-/m0/s1. The molecule has 10 heteroatoms. The average molecular weight is 331 g/mol. The minimum atomic E-state index is -4.89. The van der Waals surface area contributed by atoms with Gasteiger partial charge in [0.1, 0.15) is 4.90 Å². The monoisotopic (exact) mass is 330 g/mol. The number of aliphatic hydroxyl groups is 1. The Morgan fingerprint density at radius 2 is 2.05 bits per heavy atom. The van der Waals surface area contributed by atoms with Gasteiger partial charge in [-0.2, -0.15) is 17.5 Å². The van der Waals surface area contributed by atoms with E-state index in [0.717, 1.165) is 12.3 Å². The number of sulfonamides is 1. The molecule has 2 heterocycles. The Hall–Kier alpha value is -0.900. The van der Waals surface area contributed by atoms with Crippen LogP contribution in [0.3, 0.4) is 0 Å². The van der Waals surface area contributed by atoms with Crippen molar-refractivity contribution in [3.05, 3.63) is 23.5 Å². The van der Waals surface area contributed by atoms with Crippen molar-refractivity contribution in [3.8, 4) is 0 Å². The van der Waals surface area contributed by atoms with E-state index in [1.807, 2.05) is 0 Å². The number of halogens is 4. The summed E-state index contributed by atoms with van der Waals surface area (Å²) in [7, 11) is -4.17. The molecule has 20 heavy (non-hydrogen) atoms. The van der Waals surface area contributed by atoms with E-state index in [0.29, 0.717) is 4.31 Å². The molecule has 1 saturated heterocycles. The van der Waals surface area contributed by atoms with Crippen LogP contribution in [0, 0.1) is 0 Å². The summed E-state index contributed by atoms with van der Waals surface area (Å²) >= 11 is 5.61. The molecule has 1 aliphatic heterocycles. The lowest BCUT2D eigenvalue weighted by molar-refractivity contribution is -0.252. The van der Waals surface area contributed by atoms with Gasteiger partial charge in [-0.25, -0.2) is 8.42 Å². The maximum absolute atomic E-state index is 12.7. The lowest BCUT2D eigenvalue weighted by atomic mass is 10.0. The van der Waals surface area contributed by atoms with Crippen molar-refractivity contribution in [2.24, 2.45) is 0 Å². The van der Waals surface area contributed by atoms with E-state index in [4.69, 9.17) is 11.6 Å². The highest BCUT2D eigenvalue weighted by Gasteiger charge is 2.58. The van der Waals surface area contributed by atoms with Gasteiger partial charge in [0.05, 0.1) is 11.6 Å². The van der Waals surface area contributed by atoms with Gasteiger partial charge in [-0.3, -0.25) is 4.98 Å². The largest absolute Gasteiger partial charge is 0.418 e. The first-order valence-electron chi connectivity index (χ1n) is 5.46. The van der Waals surface area contributed by atoms with Crippen molar-refractivity contribution in [1.82, 2.24) is 9.29 Å². The molecular formula is C10H10ClF3N2O3S. The van der Waals surface area contributed by atoms with Crippen molar-refractivity contribution in [1.29, 1.82) is 0 Å².